The minimum atomic E-state index is -0.928. The molecule has 47 heavy (non-hydrogen) atoms. The molecule has 0 atom stereocenters. The average molecular weight is 647 g/mol. The number of halogens is 2. The third-order valence-corrected chi connectivity index (χ3v) is 7.66. The van der Waals surface area contributed by atoms with E-state index in [-0.39, 0.29) is 41.0 Å². The number of hydrogen-bond donors (Lipinski definition) is 1. The molecule has 1 fully saturated rings. The van der Waals surface area contributed by atoms with Gasteiger partial charge in [0.15, 0.2) is 0 Å². The van der Waals surface area contributed by atoms with Crippen LogP contribution < -0.4 is 21.3 Å². The first kappa shape index (κ1) is 31.6. The molecule has 0 spiro atoms. The van der Waals surface area contributed by atoms with Crippen LogP contribution in [0, 0.1) is 17.6 Å². The van der Waals surface area contributed by atoms with Gasteiger partial charge in [-0.1, -0.05) is 0 Å². The molecule has 1 saturated carbocycles. The third kappa shape index (κ3) is 7.05. The molecule has 1 aliphatic heterocycles. The first-order valence-electron chi connectivity index (χ1n) is 15.1. The average Bonchev–Trinajstić information content (AvgIpc) is 3.84. The van der Waals surface area contributed by atoms with Crippen LogP contribution in [0.5, 0.6) is 11.6 Å². The molecule has 0 saturated heterocycles. The van der Waals surface area contributed by atoms with Crippen LogP contribution in [0.1, 0.15) is 55.2 Å². The summed E-state index contributed by atoms with van der Waals surface area (Å²) >= 11 is 0. The molecule has 0 radical (unpaired) electrons. The zero-order valence-electron chi connectivity index (χ0n) is 26.0. The number of anilines is 1. The monoisotopic (exact) mass is 646 g/mol. The molecule has 2 aliphatic rings. The minimum absolute atomic E-state index is 0.0904. The van der Waals surface area contributed by atoms with Gasteiger partial charge in [0.25, 0.3) is 11.5 Å². The van der Waals surface area contributed by atoms with Gasteiger partial charge >= 0.3 is 11.8 Å². The number of carbonyl (C=O) groups excluding carboxylic acids is 2. The molecule has 2 aromatic heterocycles. The number of nitrogens with zero attached hydrogens (tertiary/aromatic N) is 5. The smallest absolute Gasteiger partial charge is 0.410 e. The van der Waals surface area contributed by atoms with E-state index in [0.29, 0.717) is 30.8 Å². The Kier molecular flexibility index (Phi) is 8.34. The second-order valence-corrected chi connectivity index (χ2v) is 12.5. The predicted molar refractivity (Wildman–Crippen MR) is 166 cm³/mol. The van der Waals surface area contributed by atoms with Crippen LogP contribution in [0.3, 0.4) is 0 Å². The zero-order chi connectivity index (χ0) is 33.5. The van der Waals surface area contributed by atoms with Crippen LogP contribution in [0.4, 0.5) is 19.3 Å². The molecule has 12 nitrogen and oxygen atoms in total. The Hall–Kier alpha value is -5.40. The van der Waals surface area contributed by atoms with Gasteiger partial charge in [0.2, 0.25) is 5.88 Å². The van der Waals surface area contributed by atoms with E-state index in [9.17, 15) is 23.6 Å². The fourth-order valence-corrected chi connectivity index (χ4v) is 5.14. The maximum Gasteiger partial charge on any atom is 0.410 e. The largest absolute Gasteiger partial charge is 0.444 e. The molecular formula is C33H32F2N6O6. The van der Waals surface area contributed by atoms with Crippen molar-refractivity contribution >= 4 is 17.7 Å². The normalized spacial score (nSPS) is 14.4. The Bertz CT molecular complexity index is 1980. The van der Waals surface area contributed by atoms with Crippen LogP contribution in [0.2, 0.25) is 0 Å². The van der Waals surface area contributed by atoms with Crippen molar-refractivity contribution in [2.24, 2.45) is 5.92 Å². The fraction of sp³-hybridized carbons (Fsp3) is 0.333. The molecule has 6 rings (SSSR count). The third-order valence-electron chi connectivity index (χ3n) is 7.66. The van der Waals surface area contributed by atoms with E-state index < -0.39 is 40.5 Å². The topological polar surface area (TPSA) is 138 Å². The van der Waals surface area contributed by atoms with Crippen LogP contribution in [-0.2, 0) is 24.2 Å². The van der Waals surface area contributed by atoms with Gasteiger partial charge < -0.3 is 19.7 Å². The molecule has 4 aromatic rings. The van der Waals surface area contributed by atoms with Gasteiger partial charge in [0.05, 0.1) is 23.6 Å². The number of ether oxygens (including phenoxy) is 2. The summed E-state index contributed by atoms with van der Waals surface area (Å²) in [5.41, 5.74) is -1.51. The Labute approximate surface area is 267 Å². The number of benzene rings is 2. The lowest BCUT2D eigenvalue weighted by Gasteiger charge is -2.30. The maximum atomic E-state index is 15.3. The molecule has 2 amide bonds. The van der Waals surface area contributed by atoms with E-state index in [1.54, 1.807) is 20.8 Å². The molecule has 1 aliphatic carbocycles. The summed E-state index contributed by atoms with van der Waals surface area (Å²) in [4.78, 5) is 62.5. The summed E-state index contributed by atoms with van der Waals surface area (Å²) in [6.45, 7) is 6.20. The van der Waals surface area contributed by atoms with Gasteiger partial charge in [0.1, 0.15) is 34.9 Å². The first-order valence-corrected chi connectivity index (χ1v) is 15.1. The summed E-state index contributed by atoms with van der Waals surface area (Å²) in [7, 11) is 0. The standard InChI is InChI=1S/C33H32F2N6O6/c1-33(2,3)47-32(45)39-13-12-23-27(17-39)36-18-37-29(23)46-22-10-11-26(25(35)14-22)38-28(42)24-16-40(15-19-4-5-19)31(44)41(30(24)43)21-8-6-20(34)7-9-21/h6-11,14,16,18-19H,4-5,12-13,15,17H2,1-3H3,(H,38,42). The van der Waals surface area contributed by atoms with Crippen molar-refractivity contribution in [2.75, 3.05) is 11.9 Å². The van der Waals surface area contributed by atoms with E-state index in [1.165, 1.54) is 46.3 Å². The van der Waals surface area contributed by atoms with Crippen LogP contribution in [-0.4, -0.2) is 48.1 Å². The van der Waals surface area contributed by atoms with Crippen LogP contribution in [0.15, 0.2) is 64.6 Å². The van der Waals surface area contributed by atoms with Gasteiger partial charge in [-0.15, -0.1) is 0 Å². The van der Waals surface area contributed by atoms with Crippen molar-refractivity contribution < 1.29 is 27.8 Å². The second kappa shape index (κ2) is 12.4. The Balaban J connectivity index is 1.21. The SMILES string of the molecule is CC(C)(C)OC(=O)N1CCc2c(ncnc2Oc2ccc(NC(=O)c3cn(CC4CC4)c(=O)n(-c4ccc(F)cc4)c3=O)c(F)c2)C1. The van der Waals surface area contributed by atoms with Crippen molar-refractivity contribution in [2.45, 2.75) is 58.7 Å². The molecule has 3 heterocycles. The van der Waals surface area contributed by atoms with Crippen molar-refractivity contribution in [3.63, 3.8) is 0 Å². The highest BCUT2D eigenvalue weighted by molar-refractivity contribution is 6.04. The highest BCUT2D eigenvalue weighted by atomic mass is 19.1. The molecule has 0 unspecified atom stereocenters. The summed E-state index contributed by atoms with van der Waals surface area (Å²) in [5.74, 6) is -1.80. The summed E-state index contributed by atoms with van der Waals surface area (Å²) in [6, 6.07) is 8.51. The number of aromatic nitrogens is 4. The number of fused-ring (bicyclic) bond motifs is 1. The first-order chi connectivity index (χ1) is 22.4. The summed E-state index contributed by atoms with van der Waals surface area (Å²) in [5, 5.41) is 2.41. The number of amides is 2. The van der Waals surface area contributed by atoms with Crippen molar-refractivity contribution in [3.8, 4) is 17.3 Å². The number of carbonyl (C=O) groups is 2. The quantitative estimate of drug-likeness (QED) is 0.302. The lowest BCUT2D eigenvalue weighted by atomic mass is 10.1. The van der Waals surface area contributed by atoms with E-state index in [1.807, 2.05) is 0 Å². The Morgan fingerprint density at radius 2 is 1.79 bits per heavy atom. The van der Waals surface area contributed by atoms with Crippen LogP contribution in [0.25, 0.3) is 5.69 Å². The zero-order valence-corrected chi connectivity index (χ0v) is 26.0. The maximum absolute atomic E-state index is 15.3. The molecular weight excluding hydrogens is 614 g/mol. The fourth-order valence-electron chi connectivity index (χ4n) is 5.14. The number of hydrogen-bond acceptors (Lipinski definition) is 8. The van der Waals surface area contributed by atoms with Crippen molar-refractivity contribution in [1.82, 2.24) is 24.0 Å². The Morgan fingerprint density at radius 3 is 2.47 bits per heavy atom. The van der Waals surface area contributed by atoms with E-state index in [0.717, 1.165) is 35.6 Å². The molecule has 1 N–H and O–H groups in total. The highest BCUT2D eigenvalue weighted by Gasteiger charge is 2.29. The van der Waals surface area contributed by atoms with Gasteiger partial charge in [-0.2, -0.15) is 0 Å². The Morgan fingerprint density at radius 1 is 1.04 bits per heavy atom. The summed E-state index contributed by atoms with van der Waals surface area (Å²) in [6.07, 6.45) is 4.21. The van der Waals surface area contributed by atoms with Gasteiger partial charge in [-0.3, -0.25) is 14.2 Å². The predicted octanol–water partition coefficient (Wildman–Crippen LogP) is 4.82. The number of rotatable bonds is 7. The van der Waals surface area contributed by atoms with E-state index in [2.05, 4.69) is 15.3 Å². The lowest BCUT2D eigenvalue weighted by Crippen LogP contribution is -2.42. The van der Waals surface area contributed by atoms with E-state index in [4.69, 9.17) is 9.47 Å². The highest BCUT2D eigenvalue weighted by Crippen LogP contribution is 2.31. The van der Waals surface area contributed by atoms with Crippen molar-refractivity contribution in [1.29, 1.82) is 0 Å². The second-order valence-electron chi connectivity index (χ2n) is 12.5. The molecule has 14 heteroatoms. The minimum Gasteiger partial charge on any atom is -0.444 e. The molecule has 2 aromatic carbocycles. The van der Waals surface area contributed by atoms with Gasteiger partial charge in [-0.05, 0) is 82.3 Å². The molecule has 244 valence electrons. The molecule has 0 bridgehead atoms. The van der Waals surface area contributed by atoms with E-state index >= 15 is 4.39 Å². The van der Waals surface area contributed by atoms with Gasteiger partial charge in [-0.25, -0.2) is 32.9 Å². The summed E-state index contributed by atoms with van der Waals surface area (Å²) < 4.78 is 42.3. The number of nitrogens with one attached hydrogen (secondary N) is 1. The van der Waals surface area contributed by atoms with Gasteiger partial charge in [0, 0.05) is 30.9 Å². The lowest BCUT2D eigenvalue weighted by molar-refractivity contribution is 0.0219. The van der Waals surface area contributed by atoms with Crippen molar-refractivity contribution in [3.05, 3.63) is 104 Å². The van der Waals surface area contributed by atoms with Crippen LogP contribution >= 0.6 is 0 Å².